The Hall–Kier alpha value is -3.64. The molecular formula is C25H26N6O4S. The Bertz CT molecular complexity index is 1360. The van der Waals surface area contributed by atoms with Crippen LogP contribution < -0.4 is 16.4 Å². The molecule has 1 saturated carbocycles. The first kappa shape index (κ1) is 24.1. The molecule has 0 spiro atoms. The van der Waals surface area contributed by atoms with Crippen LogP contribution in [0.15, 0.2) is 54.7 Å². The third kappa shape index (κ3) is 5.00. The van der Waals surface area contributed by atoms with Gasteiger partial charge in [0.25, 0.3) is 0 Å². The van der Waals surface area contributed by atoms with Crippen molar-refractivity contribution in [2.75, 3.05) is 17.2 Å². The minimum atomic E-state index is -1.07. The number of aromatic nitrogens is 3. The summed E-state index contributed by atoms with van der Waals surface area (Å²) in [5.74, 6) is -0.121. The van der Waals surface area contributed by atoms with E-state index >= 15 is 0 Å². The quantitative estimate of drug-likeness (QED) is 0.210. The minimum Gasteiger partial charge on any atom is -0.396 e. The van der Waals surface area contributed by atoms with Crippen molar-refractivity contribution in [2.24, 2.45) is 11.7 Å². The highest BCUT2D eigenvalue weighted by atomic mass is 32.1. The number of thiazole rings is 1. The first-order valence-electron chi connectivity index (χ1n) is 11.5. The molecule has 5 rings (SSSR count). The van der Waals surface area contributed by atoms with E-state index in [1.165, 1.54) is 11.3 Å². The molecule has 7 N–H and O–H groups in total. The van der Waals surface area contributed by atoms with E-state index in [-0.39, 0.29) is 13.0 Å². The number of nitrogens with zero attached hydrogens (tertiary/aromatic N) is 3. The van der Waals surface area contributed by atoms with E-state index in [4.69, 9.17) is 10.7 Å². The molecule has 2 aromatic heterocycles. The molecule has 10 nitrogen and oxygen atoms in total. The van der Waals surface area contributed by atoms with Crippen molar-refractivity contribution in [3.8, 4) is 10.6 Å². The molecule has 0 aliphatic heterocycles. The molecule has 1 amide bonds. The number of rotatable bonds is 8. The molecular weight excluding hydrogens is 480 g/mol. The van der Waals surface area contributed by atoms with Crippen LogP contribution in [0.25, 0.3) is 20.8 Å². The summed E-state index contributed by atoms with van der Waals surface area (Å²) in [7, 11) is 0. The average molecular weight is 507 g/mol. The standard InChI is InChI=1S/C25H26N6O4S/c26-20(33)9-13-4-3-5-15(8-13)28-25-27-11-16(24-30-17-6-1-2-7-19(17)36-24)23(31-25)29-18-10-14(12-32)21(34)22(18)35/h1-8,11,14,18,21-22,32,34-35H,9-10,12H2,(H2,26,33)(H2,27,28,29,31). The Kier molecular flexibility index (Phi) is 6.79. The minimum absolute atomic E-state index is 0.119. The molecule has 36 heavy (non-hydrogen) atoms. The van der Waals surface area contributed by atoms with Crippen molar-refractivity contribution in [1.29, 1.82) is 0 Å². The number of carbonyl (C=O) groups excluding carboxylic acids is 1. The molecule has 1 fully saturated rings. The third-order valence-electron chi connectivity index (χ3n) is 6.23. The molecule has 0 bridgehead atoms. The van der Waals surface area contributed by atoms with E-state index < -0.39 is 30.1 Å². The normalized spacial score (nSPS) is 21.5. The number of para-hydroxylation sites is 1. The van der Waals surface area contributed by atoms with Gasteiger partial charge in [0.2, 0.25) is 11.9 Å². The number of hydrogen-bond acceptors (Lipinski definition) is 10. The van der Waals surface area contributed by atoms with Gasteiger partial charge in [0.15, 0.2) is 0 Å². The second kappa shape index (κ2) is 10.2. The van der Waals surface area contributed by atoms with E-state index in [2.05, 4.69) is 20.6 Å². The van der Waals surface area contributed by atoms with Gasteiger partial charge < -0.3 is 31.7 Å². The molecule has 0 radical (unpaired) electrons. The smallest absolute Gasteiger partial charge is 0.229 e. The molecule has 2 aromatic carbocycles. The second-order valence-corrected chi connectivity index (χ2v) is 9.85. The predicted molar refractivity (Wildman–Crippen MR) is 138 cm³/mol. The molecule has 4 unspecified atom stereocenters. The molecule has 0 saturated heterocycles. The summed E-state index contributed by atoms with van der Waals surface area (Å²) in [4.78, 5) is 25.1. The van der Waals surface area contributed by atoms with Crippen LogP contribution >= 0.6 is 11.3 Å². The van der Waals surface area contributed by atoms with Gasteiger partial charge in [-0.15, -0.1) is 11.3 Å². The summed E-state index contributed by atoms with van der Waals surface area (Å²) in [6, 6.07) is 14.5. The van der Waals surface area contributed by atoms with Gasteiger partial charge >= 0.3 is 0 Å². The SMILES string of the molecule is NC(=O)Cc1cccc(Nc2ncc(-c3nc4ccccc4s3)c(NC3CC(CO)C(O)C3O)n2)c1. The zero-order chi connectivity index (χ0) is 25.2. The number of aliphatic hydroxyl groups excluding tert-OH is 3. The number of nitrogens with one attached hydrogen (secondary N) is 2. The molecule has 186 valence electrons. The number of aliphatic hydroxyl groups is 3. The summed E-state index contributed by atoms with van der Waals surface area (Å²) in [6.07, 6.45) is 0.0468. The van der Waals surface area contributed by atoms with Gasteiger partial charge in [-0.05, 0) is 36.2 Å². The van der Waals surface area contributed by atoms with E-state index in [9.17, 15) is 20.1 Å². The van der Waals surface area contributed by atoms with Crippen LogP contribution in [0.2, 0.25) is 0 Å². The summed E-state index contributed by atoms with van der Waals surface area (Å²) in [5, 5.41) is 37.5. The lowest BCUT2D eigenvalue weighted by Gasteiger charge is -2.20. The Labute approximate surface area is 210 Å². The van der Waals surface area contributed by atoms with Gasteiger partial charge in [0.1, 0.15) is 16.9 Å². The van der Waals surface area contributed by atoms with Crippen LogP contribution in [-0.2, 0) is 11.2 Å². The van der Waals surface area contributed by atoms with Crippen LogP contribution in [0.1, 0.15) is 12.0 Å². The number of nitrogens with two attached hydrogens (primary N) is 1. The van der Waals surface area contributed by atoms with Crippen LogP contribution in [0.4, 0.5) is 17.5 Å². The Morgan fingerprint density at radius 3 is 2.69 bits per heavy atom. The fourth-order valence-electron chi connectivity index (χ4n) is 4.41. The van der Waals surface area contributed by atoms with E-state index in [1.807, 2.05) is 36.4 Å². The Morgan fingerprint density at radius 2 is 1.94 bits per heavy atom. The molecule has 1 aliphatic rings. The summed E-state index contributed by atoms with van der Waals surface area (Å²) >= 11 is 1.50. The highest BCUT2D eigenvalue weighted by molar-refractivity contribution is 7.21. The number of carbonyl (C=O) groups is 1. The fourth-order valence-corrected chi connectivity index (χ4v) is 5.39. The Balaban J connectivity index is 1.49. The maximum Gasteiger partial charge on any atom is 0.229 e. The summed E-state index contributed by atoms with van der Waals surface area (Å²) < 4.78 is 1.02. The molecule has 4 aromatic rings. The number of fused-ring (bicyclic) bond motifs is 1. The fraction of sp³-hybridized carbons (Fsp3) is 0.280. The zero-order valence-corrected chi connectivity index (χ0v) is 20.0. The van der Waals surface area contributed by atoms with Crippen LogP contribution in [0.5, 0.6) is 0 Å². The van der Waals surface area contributed by atoms with Crippen LogP contribution in [0.3, 0.4) is 0 Å². The van der Waals surface area contributed by atoms with Crippen molar-refractivity contribution in [1.82, 2.24) is 15.0 Å². The van der Waals surface area contributed by atoms with Gasteiger partial charge in [0.05, 0.1) is 34.3 Å². The molecule has 11 heteroatoms. The molecule has 1 aliphatic carbocycles. The largest absolute Gasteiger partial charge is 0.396 e. The third-order valence-corrected chi connectivity index (χ3v) is 7.30. The monoisotopic (exact) mass is 506 g/mol. The topological polar surface area (TPSA) is 167 Å². The lowest BCUT2D eigenvalue weighted by atomic mass is 10.1. The second-order valence-electron chi connectivity index (χ2n) is 8.82. The summed E-state index contributed by atoms with van der Waals surface area (Å²) in [5.41, 5.74) is 8.26. The van der Waals surface area contributed by atoms with Gasteiger partial charge in [-0.2, -0.15) is 4.98 Å². The lowest BCUT2D eigenvalue weighted by molar-refractivity contribution is -0.117. The van der Waals surface area contributed by atoms with Crippen molar-refractivity contribution in [3.05, 3.63) is 60.3 Å². The predicted octanol–water partition coefficient (Wildman–Crippen LogP) is 2.04. The first-order chi connectivity index (χ1) is 17.4. The van der Waals surface area contributed by atoms with Crippen LogP contribution in [-0.4, -0.2) is 61.0 Å². The highest BCUT2D eigenvalue weighted by Gasteiger charge is 2.41. The molecule has 4 atom stereocenters. The lowest BCUT2D eigenvalue weighted by Crippen LogP contribution is -2.35. The van der Waals surface area contributed by atoms with Crippen molar-refractivity contribution >= 4 is 44.9 Å². The van der Waals surface area contributed by atoms with E-state index in [0.717, 1.165) is 15.8 Å². The average Bonchev–Trinajstić information content (AvgIpc) is 3.40. The number of anilines is 3. The van der Waals surface area contributed by atoms with E-state index in [0.29, 0.717) is 34.4 Å². The number of hydrogen-bond donors (Lipinski definition) is 6. The van der Waals surface area contributed by atoms with Gasteiger partial charge in [-0.1, -0.05) is 24.3 Å². The van der Waals surface area contributed by atoms with Crippen molar-refractivity contribution in [3.63, 3.8) is 0 Å². The van der Waals surface area contributed by atoms with Crippen molar-refractivity contribution < 1.29 is 20.1 Å². The summed E-state index contributed by atoms with van der Waals surface area (Å²) in [6.45, 7) is -0.223. The zero-order valence-electron chi connectivity index (χ0n) is 19.2. The van der Waals surface area contributed by atoms with Crippen molar-refractivity contribution in [2.45, 2.75) is 31.1 Å². The number of benzene rings is 2. The van der Waals surface area contributed by atoms with Gasteiger partial charge in [-0.25, -0.2) is 9.97 Å². The number of primary amides is 1. The Morgan fingerprint density at radius 1 is 1.11 bits per heavy atom. The van der Waals surface area contributed by atoms with Gasteiger partial charge in [-0.3, -0.25) is 4.79 Å². The first-order valence-corrected chi connectivity index (χ1v) is 12.3. The maximum atomic E-state index is 11.3. The maximum absolute atomic E-state index is 11.3. The van der Waals surface area contributed by atoms with E-state index in [1.54, 1.807) is 18.3 Å². The van der Waals surface area contributed by atoms with Crippen LogP contribution in [0, 0.1) is 5.92 Å². The highest BCUT2D eigenvalue weighted by Crippen LogP contribution is 2.36. The van der Waals surface area contributed by atoms with Gasteiger partial charge in [0, 0.05) is 24.4 Å². The number of amides is 1. The molecule has 2 heterocycles.